The van der Waals surface area contributed by atoms with E-state index >= 15 is 0 Å². The van der Waals surface area contributed by atoms with Crippen molar-refractivity contribution in [1.29, 1.82) is 0 Å². The number of barbiturate groups is 1. The Labute approximate surface area is 154 Å². The number of benzene rings is 1. The molecule has 2 N–H and O–H groups in total. The SMILES string of the molecule is COC(=O)[C@@H](Cc1c[nH]c2ccccc12)N=C[C@H]1C(=O)NC(=O)N(C)C1=O. The van der Waals surface area contributed by atoms with Gasteiger partial charge >= 0.3 is 12.0 Å². The number of methoxy groups -OCH3 is 1. The average Bonchev–Trinajstić information content (AvgIpc) is 3.07. The number of carbonyl (C=O) groups is 4. The Balaban J connectivity index is 1.84. The second-order valence-corrected chi connectivity index (χ2v) is 6.07. The zero-order valence-corrected chi connectivity index (χ0v) is 14.8. The number of aromatic amines is 1. The first-order valence-corrected chi connectivity index (χ1v) is 8.21. The highest BCUT2D eigenvalue weighted by Crippen LogP contribution is 2.20. The zero-order valence-electron chi connectivity index (χ0n) is 14.8. The van der Waals surface area contributed by atoms with Gasteiger partial charge < -0.3 is 9.72 Å². The Bertz CT molecular complexity index is 948. The maximum Gasteiger partial charge on any atom is 0.330 e. The molecule has 0 bridgehead atoms. The van der Waals surface area contributed by atoms with Crippen LogP contribution >= 0.6 is 0 Å². The number of aliphatic imine (C=N–C) groups is 1. The molecule has 4 amide bonds. The van der Waals surface area contributed by atoms with Crippen LogP contribution in [0.5, 0.6) is 0 Å². The molecule has 1 aliphatic heterocycles. The summed E-state index contributed by atoms with van der Waals surface area (Å²) in [6.45, 7) is 0. The monoisotopic (exact) mass is 370 g/mol. The fraction of sp³-hybridized carbons (Fsp3) is 0.278. The third-order valence-electron chi connectivity index (χ3n) is 4.39. The molecular weight excluding hydrogens is 352 g/mol. The summed E-state index contributed by atoms with van der Waals surface area (Å²) in [6.07, 6.45) is 3.10. The van der Waals surface area contributed by atoms with Crippen molar-refractivity contribution < 1.29 is 23.9 Å². The van der Waals surface area contributed by atoms with Gasteiger partial charge in [0.25, 0.3) is 0 Å². The summed E-state index contributed by atoms with van der Waals surface area (Å²) in [4.78, 5) is 55.6. The number of hydrogen-bond donors (Lipinski definition) is 2. The normalized spacial score (nSPS) is 18.8. The number of H-pyrrole nitrogens is 1. The molecule has 9 nitrogen and oxygen atoms in total. The largest absolute Gasteiger partial charge is 0.467 e. The van der Waals surface area contributed by atoms with Crippen LogP contribution in [0.15, 0.2) is 35.5 Å². The van der Waals surface area contributed by atoms with Crippen molar-refractivity contribution in [3.8, 4) is 0 Å². The number of hydrogen-bond acceptors (Lipinski definition) is 6. The van der Waals surface area contributed by atoms with E-state index < -0.39 is 35.8 Å². The first kappa shape index (κ1) is 18.3. The summed E-state index contributed by atoms with van der Waals surface area (Å²) in [5, 5.41) is 3.00. The van der Waals surface area contributed by atoms with Crippen LogP contribution in [0, 0.1) is 5.92 Å². The minimum atomic E-state index is -1.28. The van der Waals surface area contributed by atoms with E-state index in [0.717, 1.165) is 27.6 Å². The Kier molecular flexibility index (Phi) is 5.02. The van der Waals surface area contributed by atoms with Crippen LogP contribution in [0.25, 0.3) is 10.9 Å². The van der Waals surface area contributed by atoms with Gasteiger partial charge in [-0.15, -0.1) is 0 Å². The summed E-state index contributed by atoms with van der Waals surface area (Å²) in [7, 11) is 2.50. The minimum absolute atomic E-state index is 0.227. The van der Waals surface area contributed by atoms with E-state index in [1.165, 1.54) is 14.2 Å². The Hall–Kier alpha value is -3.49. The molecule has 27 heavy (non-hydrogen) atoms. The Morgan fingerprint density at radius 2 is 2.07 bits per heavy atom. The van der Waals surface area contributed by atoms with Gasteiger partial charge in [-0.2, -0.15) is 0 Å². The molecule has 1 aromatic heterocycles. The predicted octanol–water partition coefficient (Wildman–Crippen LogP) is 0.647. The predicted molar refractivity (Wildman–Crippen MR) is 96.1 cm³/mol. The molecule has 0 saturated carbocycles. The highest BCUT2D eigenvalue weighted by atomic mass is 16.5. The highest BCUT2D eigenvalue weighted by molar-refractivity contribution is 6.23. The maximum absolute atomic E-state index is 12.1. The van der Waals surface area contributed by atoms with E-state index in [2.05, 4.69) is 15.3 Å². The summed E-state index contributed by atoms with van der Waals surface area (Å²) < 4.78 is 4.79. The van der Waals surface area contributed by atoms with Crippen molar-refractivity contribution >= 4 is 40.9 Å². The van der Waals surface area contributed by atoms with Crippen LogP contribution in [-0.2, 0) is 25.5 Å². The van der Waals surface area contributed by atoms with Gasteiger partial charge in [0.05, 0.1) is 7.11 Å². The van der Waals surface area contributed by atoms with Gasteiger partial charge in [-0.25, -0.2) is 9.59 Å². The van der Waals surface area contributed by atoms with Crippen LogP contribution in [0.3, 0.4) is 0 Å². The molecular formula is C18H18N4O5. The molecule has 2 atom stereocenters. The number of fused-ring (bicyclic) bond motifs is 1. The second-order valence-electron chi connectivity index (χ2n) is 6.07. The number of aromatic nitrogens is 1. The number of esters is 1. The van der Waals surface area contributed by atoms with Crippen molar-refractivity contribution in [3.05, 3.63) is 36.0 Å². The molecule has 1 aliphatic rings. The molecule has 0 radical (unpaired) electrons. The molecule has 2 heterocycles. The summed E-state index contributed by atoms with van der Waals surface area (Å²) in [6, 6.07) is 5.87. The number of imide groups is 2. The second kappa shape index (κ2) is 7.40. The van der Waals surface area contributed by atoms with Gasteiger partial charge in [-0.3, -0.25) is 24.8 Å². The van der Waals surface area contributed by atoms with Crippen molar-refractivity contribution in [2.45, 2.75) is 12.5 Å². The summed E-state index contributed by atoms with van der Waals surface area (Å²) in [5.74, 6) is -3.35. The van der Waals surface area contributed by atoms with Gasteiger partial charge in [-0.1, -0.05) is 18.2 Å². The lowest BCUT2D eigenvalue weighted by Gasteiger charge is -2.25. The maximum atomic E-state index is 12.1. The molecule has 1 saturated heterocycles. The molecule has 3 rings (SSSR count). The number of ether oxygens (including phenoxy) is 1. The number of para-hydroxylation sites is 1. The Morgan fingerprint density at radius 1 is 1.33 bits per heavy atom. The summed E-state index contributed by atoms with van der Waals surface area (Å²) in [5.41, 5.74) is 1.77. The van der Waals surface area contributed by atoms with Gasteiger partial charge in [0.2, 0.25) is 11.8 Å². The molecule has 0 aliphatic carbocycles. The van der Waals surface area contributed by atoms with Crippen LogP contribution in [-0.4, -0.2) is 60.1 Å². The van der Waals surface area contributed by atoms with E-state index in [1.807, 2.05) is 24.3 Å². The van der Waals surface area contributed by atoms with E-state index in [9.17, 15) is 19.2 Å². The minimum Gasteiger partial charge on any atom is -0.467 e. The van der Waals surface area contributed by atoms with Crippen LogP contribution in [0.4, 0.5) is 4.79 Å². The van der Waals surface area contributed by atoms with E-state index in [0.29, 0.717) is 0 Å². The lowest BCUT2D eigenvalue weighted by atomic mass is 10.0. The van der Waals surface area contributed by atoms with Crippen molar-refractivity contribution in [2.75, 3.05) is 14.2 Å². The highest BCUT2D eigenvalue weighted by Gasteiger charge is 2.37. The van der Waals surface area contributed by atoms with Crippen LogP contribution < -0.4 is 5.32 Å². The van der Waals surface area contributed by atoms with Crippen molar-refractivity contribution in [3.63, 3.8) is 0 Å². The fourth-order valence-corrected chi connectivity index (χ4v) is 2.85. The van der Waals surface area contributed by atoms with E-state index in [-0.39, 0.29) is 6.42 Å². The topological polar surface area (TPSA) is 121 Å². The lowest BCUT2D eigenvalue weighted by molar-refractivity contribution is -0.142. The first-order chi connectivity index (χ1) is 12.9. The third kappa shape index (κ3) is 3.57. The first-order valence-electron chi connectivity index (χ1n) is 8.21. The number of carbonyl (C=O) groups excluding carboxylic acids is 4. The standard InChI is InChI=1S/C18H18N4O5/c1-22-16(24)12(15(23)21-18(22)26)9-20-14(17(25)27-2)7-10-8-19-13-6-4-3-5-11(10)13/h3-6,8-9,12,14,19H,7H2,1-2H3,(H,21,23,26)/t12-,14+/m0/s1. The molecule has 1 aromatic carbocycles. The smallest absolute Gasteiger partial charge is 0.330 e. The number of urea groups is 1. The fourth-order valence-electron chi connectivity index (χ4n) is 2.85. The van der Waals surface area contributed by atoms with Gasteiger partial charge in [0, 0.05) is 36.8 Å². The molecule has 2 aromatic rings. The molecule has 9 heteroatoms. The summed E-state index contributed by atoms with van der Waals surface area (Å²) >= 11 is 0. The van der Waals surface area contributed by atoms with Crippen LogP contribution in [0.1, 0.15) is 5.56 Å². The van der Waals surface area contributed by atoms with E-state index in [1.54, 1.807) is 6.20 Å². The van der Waals surface area contributed by atoms with Gasteiger partial charge in [0.1, 0.15) is 0 Å². The molecule has 0 spiro atoms. The van der Waals surface area contributed by atoms with Gasteiger partial charge in [0.15, 0.2) is 12.0 Å². The number of rotatable bonds is 5. The average molecular weight is 370 g/mol. The molecule has 140 valence electrons. The Morgan fingerprint density at radius 3 is 2.81 bits per heavy atom. The van der Waals surface area contributed by atoms with Crippen molar-refractivity contribution in [2.24, 2.45) is 10.9 Å². The quantitative estimate of drug-likeness (QED) is 0.455. The lowest BCUT2D eigenvalue weighted by Crippen LogP contribution is -2.56. The number of nitrogens with zero attached hydrogens (tertiary/aromatic N) is 2. The zero-order chi connectivity index (χ0) is 19.6. The van der Waals surface area contributed by atoms with E-state index in [4.69, 9.17) is 4.74 Å². The third-order valence-corrected chi connectivity index (χ3v) is 4.39. The molecule has 1 fully saturated rings. The number of nitrogens with one attached hydrogen (secondary N) is 2. The molecule has 0 unspecified atom stereocenters. The van der Waals surface area contributed by atoms with Crippen molar-refractivity contribution in [1.82, 2.24) is 15.2 Å². The van der Waals surface area contributed by atoms with Gasteiger partial charge in [-0.05, 0) is 11.6 Å². The van der Waals surface area contributed by atoms with Crippen LogP contribution in [0.2, 0.25) is 0 Å². The number of amides is 4.